The molecule has 6 nitrogen and oxygen atoms in total. The third kappa shape index (κ3) is 3.00. The van der Waals surface area contributed by atoms with Crippen LogP contribution < -0.4 is 5.32 Å². The number of fused-ring (bicyclic) bond motifs is 1. The minimum atomic E-state index is -0.295. The third-order valence-electron chi connectivity index (χ3n) is 4.58. The second kappa shape index (κ2) is 6.63. The minimum absolute atomic E-state index is 0.144. The highest BCUT2D eigenvalue weighted by Crippen LogP contribution is 2.27. The van der Waals surface area contributed by atoms with Crippen LogP contribution in [-0.2, 0) is 0 Å². The number of benzene rings is 1. The molecule has 1 aromatic carbocycles. The Hall–Kier alpha value is -2.37. The second-order valence-corrected chi connectivity index (χ2v) is 6.67. The van der Waals surface area contributed by atoms with Crippen LogP contribution in [0.15, 0.2) is 18.2 Å². The molecule has 2 aliphatic rings. The number of rotatable bonds is 2. The van der Waals surface area contributed by atoms with Gasteiger partial charge in [0.1, 0.15) is 0 Å². The van der Waals surface area contributed by atoms with Gasteiger partial charge in [0.2, 0.25) is 0 Å². The molecule has 2 aliphatic heterocycles. The molecule has 1 saturated heterocycles. The van der Waals surface area contributed by atoms with Crippen LogP contribution in [0, 0.1) is 0 Å². The van der Waals surface area contributed by atoms with Crippen LogP contribution >= 0.6 is 0 Å². The van der Waals surface area contributed by atoms with E-state index in [9.17, 15) is 14.4 Å². The third-order valence-corrected chi connectivity index (χ3v) is 4.58. The van der Waals surface area contributed by atoms with Gasteiger partial charge in [-0.15, -0.1) is 0 Å². The summed E-state index contributed by atoms with van der Waals surface area (Å²) in [6.07, 6.45) is 4.36. The Labute approximate surface area is 141 Å². The van der Waals surface area contributed by atoms with E-state index in [1.807, 2.05) is 18.7 Å². The molecule has 0 radical (unpaired) electrons. The molecule has 0 unspecified atom stereocenters. The molecule has 0 atom stereocenters. The van der Waals surface area contributed by atoms with E-state index >= 15 is 0 Å². The number of nitrogens with zero attached hydrogens (tertiary/aromatic N) is 2. The van der Waals surface area contributed by atoms with E-state index in [1.165, 1.54) is 4.90 Å². The Morgan fingerprint density at radius 2 is 1.62 bits per heavy atom. The lowest BCUT2D eigenvalue weighted by Gasteiger charge is -2.20. The van der Waals surface area contributed by atoms with Crippen molar-refractivity contribution < 1.29 is 14.4 Å². The van der Waals surface area contributed by atoms with Crippen LogP contribution in [0.1, 0.15) is 60.2 Å². The van der Waals surface area contributed by atoms with Crippen LogP contribution in [-0.4, -0.2) is 46.8 Å². The van der Waals surface area contributed by atoms with Crippen LogP contribution in [0.2, 0.25) is 0 Å². The molecule has 6 heteroatoms. The lowest BCUT2D eigenvalue weighted by Crippen LogP contribution is -2.36. The lowest BCUT2D eigenvalue weighted by molar-refractivity contribution is 0.0609. The Morgan fingerprint density at radius 1 is 1.00 bits per heavy atom. The number of imide groups is 1. The molecule has 1 fully saturated rings. The first-order chi connectivity index (χ1) is 11.5. The zero-order valence-corrected chi connectivity index (χ0v) is 14.2. The summed E-state index contributed by atoms with van der Waals surface area (Å²) in [5.41, 5.74) is 1.32. The summed E-state index contributed by atoms with van der Waals surface area (Å²) < 4.78 is 0. The number of carbonyl (C=O) groups excluding carboxylic acids is 3. The Morgan fingerprint density at radius 3 is 2.25 bits per heavy atom. The molecule has 3 rings (SSSR count). The van der Waals surface area contributed by atoms with Gasteiger partial charge in [-0.1, -0.05) is 12.8 Å². The van der Waals surface area contributed by atoms with Crippen molar-refractivity contribution in [3.05, 3.63) is 29.3 Å². The Kier molecular flexibility index (Phi) is 4.55. The average molecular weight is 329 g/mol. The first-order valence-corrected chi connectivity index (χ1v) is 8.57. The first-order valence-electron chi connectivity index (χ1n) is 8.57. The lowest BCUT2D eigenvalue weighted by atomic mass is 10.1. The van der Waals surface area contributed by atoms with Crippen molar-refractivity contribution in [3.8, 4) is 0 Å². The minimum Gasteiger partial charge on any atom is -0.325 e. The monoisotopic (exact) mass is 329 g/mol. The summed E-state index contributed by atoms with van der Waals surface area (Å²) in [6, 6.07) is 4.58. The number of carbonyl (C=O) groups is 3. The summed E-state index contributed by atoms with van der Waals surface area (Å²) in [7, 11) is 0. The first kappa shape index (κ1) is 16.5. The number of nitrogens with one attached hydrogen (secondary N) is 1. The van der Waals surface area contributed by atoms with E-state index in [1.54, 1.807) is 18.2 Å². The predicted octanol–water partition coefficient (Wildman–Crippen LogP) is 3.10. The van der Waals surface area contributed by atoms with Gasteiger partial charge in [-0.05, 0) is 44.9 Å². The molecule has 0 aliphatic carbocycles. The van der Waals surface area contributed by atoms with Gasteiger partial charge in [-0.3, -0.25) is 14.5 Å². The number of urea groups is 1. The predicted molar refractivity (Wildman–Crippen MR) is 91.1 cm³/mol. The van der Waals surface area contributed by atoms with Crippen molar-refractivity contribution >= 4 is 23.5 Å². The number of hydrogen-bond acceptors (Lipinski definition) is 3. The zero-order chi connectivity index (χ0) is 17.3. The van der Waals surface area contributed by atoms with Crippen LogP contribution in [0.5, 0.6) is 0 Å². The van der Waals surface area contributed by atoms with E-state index in [0.717, 1.165) is 38.8 Å². The van der Waals surface area contributed by atoms with Crippen molar-refractivity contribution in [2.45, 2.75) is 45.6 Å². The smallest absolute Gasteiger partial charge is 0.321 e. The molecule has 0 bridgehead atoms. The maximum absolute atomic E-state index is 12.4. The average Bonchev–Trinajstić information content (AvgIpc) is 2.75. The highest BCUT2D eigenvalue weighted by Gasteiger charge is 2.37. The highest BCUT2D eigenvalue weighted by atomic mass is 16.2. The van der Waals surface area contributed by atoms with Crippen LogP contribution in [0.3, 0.4) is 0 Å². The molecule has 0 spiro atoms. The summed E-state index contributed by atoms with van der Waals surface area (Å²) in [6.45, 7) is 5.14. The second-order valence-electron chi connectivity index (χ2n) is 6.67. The molecule has 128 valence electrons. The van der Waals surface area contributed by atoms with Gasteiger partial charge in [0.25, 0.3) is 11.8 Å². The van der Waals surface area contributed by atoms with Crippen molar-refractivity contribution in [1.29, 1.82) is 0 Å². The van der Waals surface area contributed by atoms with Gasteiger partial charge in [-0.25, -0.2) is 4.79 Å². The highest BCUT2D eigenvalue weighted by molar-refractivity contribution is 6.22. The fourth-order valence-electron chi connectivity index (χ4n) is 3.28. The van der Waals surface area contributed by atoms with E-state index < -0.39 is 0 Å². The molecular weight excluding hydrogens is 306 g/mol. The molecule has 0 saturated carbocycles. The van der Waals surface area contributed by atoms with E-state index in [0.29, 0.717) is 16.8 Å². The van der Waals surface area contributed by atoms with Crippen LogP contribution in [0.25, 0.3) is 0 Å². The zero-order valence-electron chi connectivity index (χ0n) is 14.2. The van der Waals surface area contributed by atoms with Crippen molar-refractivity contribution in [2.24, 2.45) is 0 Å². The van der Waals surface area contributed by atoms with Crippen LogP contribution in [0.4, 0.5) is 10.5 Å². The van der Waals surface area contributed by atoms with E-state index in [2.05, 4.69) is 5.32 Å². The molecule has 1 aromatic rings. The summed E-state index contributed by atoms with van der Waals surface area (Å²) in [4.78, 5) is 40.2. The SMILES string of the molecule is CC(C)N1C(=O)c2ccc(NC(=O)N3CCCCCC3)cc2C1=O. The summed E-state index contributed by atoms with van der Waals surface area (Å²) in [5, 5.41) is 2.85. The van der Waals surface area contributed by atoms with Gasteiger partial charge in [0.15, 0.2) is 0 Å². The normalized spacial score (nSPS) is 18.0. The Bertz CT molecular complexity index is 676. The van der Waals surface area contributed by atoms with E-state index in [-0.39, 0.29) is 23.9 Å². The largest absolute Gasteiger partial charge is 0.325 e. The number of amides is 4. The topological polar surface area (TPSA) is 69.7 Å². The van der Waals surface area contributed by atoms with Gasteiger partial charge >= 0.3 is 6.03 Å². The fraction of sp³-hybridized carbons (Fsp3) is 0.500. The van der Waals surface area contributed by atoms with Crippen molar-refractivity contribution in [3.63, 3.8) is 0 Å². The van der Waals surface area contributed by atoms with Gasteiger partial charge < -0.3 is 10.2 Å². The van der Waals surface area contributed by atoms with Gasteiger partial charge in [0.05, 0.1) is 11.1 Å². The Balaban J connectivity index is 1.77. The maximum Gasteiger partial charge on any atom is 0.321 e. The molecule has 0 aromatic heterocycles. The molecule has 4 amide bonds. The summed E-state index contributed by atoms with van der Waals surface area (Å²) in [5.74, 6) is -0.564. The summed E-state index contributed by atoms with van der Waals surface area (Å²) >= 11 is 0. The quantitative estimate of drug-likeness (QED) is 0.848. The molecule has 2 heterocycles. The molecule has 1 N–H and O–H groups in total. The van der Waals surface area contributed by atoms with E-state index in [4.69, 9.17) is 0 Å². The van der Waals surface area contributed by atoms with Gasteiger partial charge in [-0.2, -0.15) is 0 Å². The fourth-order valence-corrected chi connectivity index (χ4v) is 3.28. The van der Waals surface area contributed by atoms with Gasteiger partial charge in [0, 0.05) is 24.8 Å². The number of likely N-dealkylation sites (tertiary alicyclic amines) is 1. The number of anilines is 1. The molecule has 24 heavy (non-hydrogen) atoms. The van der Waals surface area contributed by atoms with Crippen molar-refractivity contribution in [2.75, 3.05) is 18.4 Å². The maximum atomic E-state index is 12.4. The standard InChI is InChI=1S/C18H23N3O3/c1-12(2)21-16(22)14-8-7-13(11-15(14)17(21)23)19-18(24)20-9-5-3-4-6-10-20/h7-8,11-12H,3-6,9-10H2,1-2H3,(H,19,24). The van der Waals surface area contributed by atoms with Crippen molar-refractivity contribution in [1.82, 2.24) is 9.80 Å². The molecular formula is C18H23N3O3. The number of hydrogen-bond donors (Lipinski definition) is 1.